The number of hydrogen-bond acceptors (Lipinski definition) is 4. The molecular weight excluding hydrogens is 252 g/mol. The van der Waals surface area contributed by atoms with Crippen LogP contribution >= 0.6 is 11.8 Å². The Bertz CT molecular complexity index is 331. The molecule has 0 unspecified atom stereocenters. The van der Waals surface area contributed by atoms with Crippen molar-refractivity contribution >= 4 is 22.9 Å². The summed E-state index contributed by atoms with van der Waals surface area (Å²) in [5, 5.41) is 9.29. The third-order valence-electron chi connectivity index (χ3n) is 3.61. The molecule has 1 saturated carbocycles. The van der Waals surface area contributed by atoms with Crippen molar-refractivity contribution in [1.82, 2.24) is 9.80 Å². The van der Waals surface area contributed by atoms with E-state index in [1.807, 2.05) is 0 Å². The van der Waals surface area contributed by atoms with Crippen LogP contribution in [0.25, 0.3) is 0 Å². The Balaban J connectivity index is 1.65. The van der Waals surface area contributed by atoms with Gasteiger partial charge < -0.3 is 14.9 Å². The van der Waals surface area contributed by atoms with E-state index in [1.165, 1.54) is 11.8 Å². The molecule has 102 valence electrons. The first-order valence-electron chi connectivity index (χ1n) is 6.40. The van der Waals surface area contributed by atoms with E-state index in [9.17, 15) is 14.7 Å². The first-order chi connectivity index (χ1) is 8.56. The molecule has 0 radical (unpaired) electrons. The second-order valence-corrected chi connectivity index (χ2v) is 6.16. The molecule has 1 aliphatic heterocycles. The van der Waals surface area contributed by atoms with Crippen LogP contribution in [-0.2, 0) is 4.79 Å². The summed E-state index contributed by atoms with van der Waals surface area (Å²) in [6.07, 6.45) is 1.84. The highest BCUT2D eigenvalue weighted by Crippen LogP contribution is 2.27. The molecule has 1 heterocycles. The zero-order valence-electron chi connectivity index (χ0n) is 10.7. The molecule has 2 rings (SSSR count). The normalized spacial score (nSPS) is 27.2. The summed E-state index contributed by atoms with van der Waals surface area (Å²) in [6, 6.07) is 0. The van der Waals surface area contributed by atoms with Crippen LogP contribution in [0.2, 0.25) is 0 Å². The maximum absolute atomic E-state index is 11.9. The molecule has 0 aromatic carbocycles. The molecule has 1 N–H and O–H groups in total. The second-order valence-electron chi connectivity index (χ2n) is 5.12. The van der Waals surface area contributed by atoms with Gasteiger partial charge in [0.2, 0.25) is 5.91 Å². The minimum atomic E-state index is -0.169. The topological polar surface area (TPSA) is 60.9 Å². The molecule has 0 spiro atoms. The molecule has 0 aromatic rings. The van der Waals surface area contributed by atoms with Crippen LogP contribution in [-0.4, -0.2) is 64.6 Å². The Hall–Kier alpha value is -0.750. The largest absolute Gasteiger partial charge is 0.393 e. The van der Waals surface area contributed by atoms with E-state index >= 15 is 0 Å². The zero-order chi connectivity index (χ0) is 13.1. The number of hydrogen-bond donors (Lipinski definition) is 1. The fourth-order valence-corrected chi connectivity index (χ4v) is 3.24. The quantitative estimate of drug-likeness (QED) is 0.803. The van der Waals surface area contributed by atoms with Crippen molar-refractivity contribution < 1.29 is 14.7 Å². The summed E-state index contributed by atoms with van der Waals surface area (Å²) >= 11 is 1.32. The molecule has 0 atom stereocenters. The van der Waals surface area contributed by atoms with E-state index in [-0.39, 0.29) is 17.3 Å². The lowest BCUT2D eigenvalue weighted by Crippen LogP contribution is -2.40. The number of amides is 2. The van der Waals surface area contributed by atoms with Crippen molar-refractivity contribution in [3.8, 4) is 0 Å². The maximum atomic E-state index is 11.9. The van der Waals surface area contributed by atoms with Crippen LogP contribution in [0.3, 0.4) is 0 Å². The van der Waals surface area contributed by atoms with Gasteiger partial charge in [0, 0.05) is 38.9 Å². The monoisotopic (exact) mass is 272 g/mol. The van der Waals surface area contributed by atoms with E-state index in [1.54, 1.807) is 16.8 Å². The number of carbonyl (C=O) groups excluding carboxylic acids is 2. The van der Waals surface area contributed by atoms with Gasteiger partial charge in [-0.1, -0.05) is 11.8 Å². The number of rotatable bonds is 5. The van der Waals surface area contributed by atoms with Crippen LogP contribution in [0.4, 0.5) is 4.79 Å². The van der Waals surface area contributed by atoms with Crippen molar-refractivity contribution in [2.24, 2.45) is 5.92 Å². The average Bonchev–Trinajstić information content (AvgIpc) is 2.69. The fraction of sp³-hybridized carbons (Fsp3) is 0.833. The Kier molecular flexibility index (Phi) is 4.50. The van der Waals surface area contributed by atoms with Gasteiger partial charge in [-0.3, -0.25) is 9.59 Å². The average molecular weight is 272 g/mol. The molecule has 2 amide bonds. The Labute approximate surface area is 112 Å². The summed E-state index contributed by atoms with van der Waals surface area (Å²) in [5.74, 6) is 1.36. The van der Waals surface area contributed by atoms with Gasteiger partial charge in [-0.05, 0) is 18.8 Å². The molecule has 1 saturated heterocycles. The number of nitrogens with zero attached hydrogens (tertiary/aromatic N) is 2. The van der Waals surface area contributed by atoms with Gasteiger partial charge in [0.1, 0.15) is 0 Å². The summed E-state index contributed by atoms with van der Waals surface area (Å²) in [6.45, 7) is 2.01. The van der Waals surface area contributed by atoms with Gasteiger partial charge in [-0.25, -0.2) is 0 Å². The minimum Gasteiger partial charge on any atom is -0.393 e. The summed E-state index contributed by atoms with van der Waals surface area (Å²) in [5.41, 5.74) is 0. The highest BCUT2D eigenvalue weighted by molar-refractivity contribution is 8.13. The van der Waals surface area contributed by atoms with Crippen LogP contribution in [0.15, 0.2) is 0 Å². The lowest BCUT2D eigenvalue weighted by molar-refractivity contribution is -0.131. The highest BCUT2D eigenvalue weighted by atomic mass is 32.2. The fourth-order valence-electron chi connectivity index (χ4n) is 2.39. The van der Waals surface area contributed by atoms with Gasteiger partial charge in [0.15, 0.2) is 0 Å². The summed E-state index contributed by atoms with van der Waals surface area (Å²) in [7, 11) is 1.80. The summed E-state index contributed by atoms with van der Waals surface area (Å²) in [4.78, 5) is 26.7. The van der Waals surface area contributed by atoms with Crippen molar-refractivity contribution in [3.63, 3.8) is 0 Å². The van der Waals surface area contributed by atoms with Crippen molar-refractivity contribution in [1.29, 1.82) is 0 Å². The molecule has 1 aliphatic carbocycles. The second kappa shape index (κ2) is 5.93. The number of thioether (sulfide) groups is 1. The van der Waals surface area contributed by atoms with Crippen molar-refractivity contribution in [2.45, 2.75) is 25.4 Å². The predicted octanol–water partition coefficient (Wildman–Crippen LogP) is 0.775. The van der Waals surface area contributed by atoms with E-state index in [4.69, 9.17) is 0 Å². The van der Waals surface area contributed by atoms with Gasteiger partial charge in [-0.2, -0.15) is 0 Å². The van der Waals surface area contributed by atoms with E-state index in [0.717, 1.165) is 31.7 Å². The zero-order valence-corrected chi connectivity index (χ0v) is 11.5. The van der Waals surface area contributed by atoms with Crippen LogP contribution in [0.1, 0.15) is 19.3 Å². The first-order valence-corrected chi connectivity index (χ1v) is 7.38. The Morgan fingerprint density at radius 3 is 2.83 bits per heavy atom. The van der Waals surface area contributed by atoms with Crippen LogP contribution < -0.4 is 0 Å². The van der Waals surface area contributed by atoms with Gasteiger partial charge in [0.05, 0.1) is 6.10 Å². The molecule has 18 heavy (non-hydrogen) atoms. The summed E-state index contributed by atoms with van der Waals surface area (Å²) < 4.78 is 0. The van der Waals surface area contributed by atoms with E-state index in [0.29, 0.717) is 18.9 Å². The minimum absolute atomic E-state index is 0.0843. The molecule has 2 aliphatic rings. The molecule has 5 nitrogen and oxygen atoms in total. The maximum Gasteiger partial charge on any atom is 0.281 e. The third kappa shape index (κ3) is 3.38. The van der Waals surface area contributed by atoms with Crippen molar-refractivity contribution in [2.75, 3.05) is 32.4 Å². The molecule has 0 aromatic heterocycles. The molecule has 0 bridgehead atoms. The molecule has 6 heteroatoms. The first kappa shape index (κ1) is 13.7. The van der Waals surface area contributed by atoms with Gasteiger partial charge in [-0.15, -0.1) is 0 Å². The van der Waals surface area contributed by atoms with Gasteiger partial charge in [0.25, 0.3) is 5.24 Å². The lowest BCUT2D eigenvalue weighted by Gasteiger charge is -2.34. The number of aliphatic hydroxyl groups excluding tert-OH is 1. The Morgan fingerprint density at radius 1 is 1.56 bits per heavy atom. The standard InChI is InChI=1S/C12H20N2O3S/c1-13(8-9-6-10(15)7-9)11(16)2-3-14-4-5-18-12(14)17/h9-10,15H,2-8H2,1H3. The van der Waals surface area contributed by atoms with Crippen molar-refractivity contribution in [3.05, 3.63) is 0 Å². The van der Waals surface area contributed by atoms with E-state index < -0.39 is 0 Å². The third-order valence-corrected chi connectivity index (χ3v) is 4.50. The van der Waals surface area contributed by atoms with Crippen LogP contribution in [0.5, 0.6) is 0 Å². The van der Waals surface area contributed by atoms with Crippen LogP contribution in [0, 0.1) is 5.92 Å². The smallest absolute Gasteiger partial charge is 0.281 e. The molecule has 2 fully saturated rings. The Morgan fingerprint density at radius 2 is 2.28 bits per heavy atom. The van der Waals surface area contributed by atoms with E-state index in [2.05, 4.69) is 0 Å². The number of carbonyl (C=O) groups is 2. The predicted molar refractivity (Wildman–Crippen MR) is 70.4 cm³/mol. The SMILES string of the molecule is CN(CC1CC(O)C1)C(=O)CCN1CCSC1=O. The lowest BCUT2D eigenvalue weighted by atomic mass is 9.82. The number of aliphatic hydroxyl groups is 1. The highest BCUT2D eigenvalue weighted by Gasteiger charge is 2.29. The van der Waals surface area contributed by atoms with Gasteiger partial charge >= 0.3 is 0 Å². The molecular formula is C12H20N2O3S.